The molecule has 0 radical (unpaired) electrons. The van der Waals surface area contributed by atoms with Crippen molar-refractivity contribution in [3.05, 3.63) is 54.5 Å². The van der Waals surface area contributed by atoms with Crippen molar-refractivity contribution in [2.45, 2.75) is 0 Å². The second kappa shape index (κ2) is 6.43. The number of nitrogens with zero attached hydrogens (tertiary/aromatic N) is 3. The Morgan fingerprint density at radius 2 is 1.77 bits per heavy atom. The van der Waals surface area contributed by atoms with E-state index in [9.17, 15) is 9.18 Å². The smallest absolute Gasteiger partial charge is 0.322 e. The van der Waals surface area contributed by atoms with Crippen LogP contribution in [0.3, 0.4) is 0 Å². The Hall–Kier alpha value is -2.63. The number of carbonyl (C=O) groups excluding carboxylic acids is 1. The molecule has 0 spiro atoms. The first-order chi connectivity index (χ1) is 10.7. The minimum absolute atomic E-state index is 0.208. The summed E-state index contributed by atoms with van der Waals surface area (Å²) >= 11 is 0. The number of piperazine rings is 1. The summed E-state index contributed by atoms with van der Waals surface area (Å²) in [5.41, 5.74) is 0.208. The topological polar surface area (TPSA) is 48.5 Å². The summed E-state index contributed by atoms with van der Waals surface area (Å²) < 4.78 is 13.6. The first-order valence-corrected chi connectivity index (χ1v) is 7.20. The van der Waals surface area contributed by atoms with E-state index in [1.807, 2.05) is 18.2 Å². The van der Waals surface area contributed by atoms with Crippen LogP contribution in [-0.2, 0) is 0 Å². The third kappa shape index (κ3) is 3.16. The summed E-state index contributed by atoms with van der Waals surface area (Å²) in [5.74, 6) is 0.486. The van der Waals surface area contributed by atoms with Gasteiger partial charge in [-0.3, -0.25) is 0 Å². The van der Waals surface area contributed by atoms with Gasteiger partial charge in [-0.25, -0.2) is 14.2 Å². The number of benzene rings is 1. The monoisotopic (exact) mass is 300 g/mol. The molecule has 2 amide bonds. The maximum atomic E-state index is 13.6. The van der Waals surface area contributed by atoms with Gasteiger partial charge in [-0.05, 0) is 24.3 Å². The molecule has 1 saturated heterocycles. The molecule has 1 aliphatic rings. The van der Waals surface area contributed by atoms with Crippen molar-refractivity contribution in [1.82, 2.24) is 9.88 Å². The van der Waals surface area contributed by atoms with Crippen LogP contribution in [0.1, 0.15) is 0 Å². The van der Waals surface area contributed by atoms with Crippen LogP contribution in [0.15, 0.2) is 48.7 Å². The number of amides is 2. The van der Waals surface area contributed by atoms with E-state index in [0.29, 0.717) is 26.2 Å². The number of carbonyl (C=O) groups is 1. The second-order valence-corrected chi connectivity index (χ2v) is 5.07. The summed E-state index contributed by atoms with van der Waals surface area (Å²) in [5, 5.41) is 2.61. The van der Waals surface area contributed by atoms with Crippen LogP contribution in [0.25, 0.3) is 0 Å². The lowest BCUT2D eigenvalue weighted by atomic mass is 10.3. The van der Waals surface area contributed by atoms with Crippen molar-refractivity contribution in [3.63, 3.8) is 0 Å². The number of rotatable bonds is 2. The van der Waals surface area contributed by atoms with E-state index >= 15 is 0 Å². The van der Waals surface area contributed by atoms with Gasteiger partial charge in [0.2, 0.25) is 0 Å². The molecular weight excluding hydrogens is 283 g/mol. The Morgan fingerprint density at radius 3 is 2.45 bits per heavy atom. The van der Waals surface area contributed by atoms with E-state index < -0.39 is 5.82 Å². The van der Waals surface area contributed by atoms with Crippen LogP contribution in [0.2, 0.25) is 0 Å². The molecule has 2 aromatic rings. The molecule has 6 heteroatoms. The van der Waals surface area contributed by atoms with Crippen LogP contribution in [0, 0.1) is 5.82 Å². The normalized spacial score (nSPS) is 14.8. The van der Waals surface area contributed by atoms with Crippen molar-refractivity contribution in [3.8, 4) is 0 Å². The number of aromatic nitrogens is 1. The zero-order valence-electron chi connectivity index (χ0n) is 12.1. The van der Waals surface area contributed by atoms with Gasteiger partial charge in [0.25, 0.3) is 0 Å². The standard InChI is InChI=1S/C16H17FN4O/c17-13-5-1-2-6-14(13)19-16(22)21-11-9-20(10-12-21)15-7-3-4-8-18-15/h1-8H,9-12H2,(H,19,22). The molecule has 3 rings (SSSR count). The Morgan fingerprint density at radius 1 is 1.05 bits per heavy atom. The summed E-state index contributed by atoms with van der Waals surface area (Å²) in [6.45, 7) is 2.58. The summed E-state index contributed by atoms with van der Waals surface area (Å²) in [6.07, 6.45) is 1.76. The largest absolute Gasteiger partial charge is 0.353 e. The number of urea groups is 1. The van der Waals surface area contributed by atoms with Gasteiger partial charge in [0, 0.05) is 32.4 Å². The van der Waals surface area contributed by atoms with Gasteiger partial charge >= 0.3 is 6.03 Å². The molecule has 0 atom stereocenters. The third-order valence-electron chi connectivity index (χ3n) is 3.66. The highest BCUT2D eigenvalue weighted by Gasteiger charge is 2.22. The van der Waals surface area contributed by atoms with Gasteiger partial charge < -0.3 is 15.1 Å². The molecule has 1 aliphatic heterocycles. The number of nitrogens with one attached hydrogen (secondary N) is 1. The summed E-state index contributed by atoms with van der Waals surface area (Å²) in [6, 6.07) is 11.7. The Kier molecular flexibility index (Phi) is 4.18. The highest BCUT2D eigenvalue weighted by Crippen LogP contribution is 2.15. The quantitative estimate of drug-likeness (QED) is 0.927. The molecule has 2 heterocycles. The van der Waals surface area contributed by atoms with E-state index in [-0.39, 0.29) is 11.7 Å². The van der Waals surface area contributed by atoms with Crippen molar-refractivity contribution in [2.24, 2.45) is 0 Å². The SMILES string of the molecule is O=C(Nc1ccccc1F)N1CCN(c2ccccn2)CC1. The maximum Gasteiger partial charge on any atom is 0.322 e. The number of para-hydroxylation sites is 1. The molecule has 0 unspecified atom stereocenters. The van der Waals surface area contributed by atoms with Gasteiger partial charge in [-0.1, -0.05) is 18.2 Å². The molecular formula is C16H17FN4O. The maximum absolute atomic E-state index is 13.6. The molecule has 1 N–H and O–H groups in total. The molecule has 5 nitrogen and oxygen atoms in total. The molecule has 1 fully saturated rings. The first-order valence-electron chi connectivity index (χ1n) is 7.20. The summed E-state index contributed by atoms with van der Waals surface area (Å²) in [4.78, 5) is 20.3. The lowest BCUT2D eigenvalue weighted by Gasteiger charge is -2.35. The lowest BCUT2D eigenvalue weighted by Crippen LogP contribution is -2.50. The number of anilines is 2. The third-order valence-corrected chi connectivity index (χ3v) is 3.66. The van der Waals surface area contributed by atoms with Crippen LogP contribution in [0.4, 0.5) is 20.7 Å². The van der Waals surface area contributed by atoms with Crippen LogP contribution in [-0.4, -0.2) is 42.1 Å². The molecule has 1 aromatic carbocycles. The van der Waals surface area contributed by atoms with Crippen molar-refractivity contribution >= 4 is 17.5 Å². The second-order valence-electron chi connectivity index (χ2n) is 5.07. The fourth-order valence-corrected chi connectivity index (χ4v) is 2.44. The number of halogens is 1. The van der Waals surface area contributed by atoms with Gasteiger partial charge in [-0.15, -0.1) is 0 Å². The Balaban J connectivity index is 1.57. The van der Waals surface area contributed by atoms with E-state index in [1.165, 1.54) is 6.07 Å². The van der Waals surface area contributed by atoms with Gasteiger partial charge in [0.15, 0.2) is 0 Å². The van der Waals surface area contributed by atoms with Crippen LogP contribution < -0.4 is 10.2 Å². The van der Waals surface area contributed by atoms with E-state index in [1.54, 1.807) is 29.3 Å². The number of pyridine rings is 1. The fraction of sp³-hybridized carbons (Fsp3) is 0.250. The lowest BCUT2D eigenvalue weighted by molar-refractivity contribution is 0.208. The first kappa shape index (κ1) is 14.3. The van der Waals surface area contributed by atoms with Crippen molar-refractivity contribution in [1.29, 1.82) is 0 Å². The fourth-order valence-electron chi connectivity index (χ4n) is 2.44. The zero-order chi connectivity index (χ0) is 15.4. The molecule has 0 aliphatic carbocycles. The minimum Gasteiger partial charge on any atom is -0.353 e. The van der Waals surface area contributed by atoms with Crippen LogP contribution in [0.5, 0.6) is 0 Å². The van der Waals surface area contributed by atoms with Crippen molar-refractivity contribution < 1.29 is 9.18 Å². The predicted molar refractivity (Wildman–Crippen MR) is 83.4 cm³/mol. The van der Waals surface area contributed by atoms with Gasteiger partial charge in [-0.2, -0.15) is 0 Å². The molecule has 0 bridgehead atoms. The van der Waals surface area contributed by atoms with Gasteiger partial charge in [0.05, 0.1) is 5.69 Å². The van der Waals surface area contributed by atoms with Crippen molar-refractivity contribution in [2.75, 3.05) is 36.4 Å². The predicted octanol–water partition coefficient (Wildman–Crippen LogP) is 2.57. The Labute approximate surface area is 128 Å². The molecule has 22 heavy (non-hydrogen) atoms. The highest BCUT2D eigenvalue weighted by atomic mass is 19.1. The van der Waals surface area contributed by atoms with E-state index in [4.69, 9.17) is 0 Å². The van der Waals surface area contributed by atoms with E-state index in [2.05, 4.69) is 15.2 Å². The average Bonchev–Trinajstić information content (AvgIpc) is 2.58. The number of hydrogen-bond acceptors (Lipinski definition) is 3. The molecule has 114 valence electrons. The highest BCUT2D eigenvalue weighted by molar-refractivity contribution is 5.89. The Bertz CT molecular complexity index is 642. The minimum atomic E-state index is -0.428. The number of hydrogen-bond donors (Lipinski definition) is 1. The van der Waals surface area contributed by atoms with E-state index in [0.717, 1.165) is 5.82 Å². The summed E-state index contributed by atoms with van der Waals surface area (Å²) in [7, 11) is 0. The average molecular weight is 300 g/mol. The molecule has 0 saturated carbocycles. The molecule has 1 aromatic heterocycles. The van der Waals surface area contributed by atoms with Crippen LogP contribution >= 0.6 is 0 Å². The zero-order valence-corrected chi connectivity index (χ0v) is 12.1. The van der Waals surface area contributed by atoms with Gasteiger partial charge in [0.1, 0.15) is 11.6 Å².